The van der Waals surface area contributed by atoms with E-state index in [9.17, 15) is 4.79 Å². The molecule has 0 aromatic heterocycles. The molecule has 4 heteroatoms. The van der Waals surface area contributed by atoms with Crippen LogP contribution in [-0.2, 0) is 9.53 Å². The molecule has 4 nitrogen and oxygen atoms in total. The molecule has 0 bridgehead atoms. The van der Waals surface area contributed by atoms with Crippen LogP contribution in [0.15, 0.2) is 30.3 Å². The topological polar surface area (TPSA) is 38.8 Å². The Labute approximate surface area is 126 Å². The van der Waals surface area contributed by atoms with Gasteiger partial charge in [0.15, 0.2) is 0 Å². The third-order valence-corrected chi connectivity index (χ3v) is 4.55. The molecule has 2 heterocycles. The second-order valence-corrected chi connectivity index (χ2v) is 5.99. The van der Waals surface area contributed by atoms with Crippen LogP contribution in [0.2, 0.25) is 0 Å². The molecule has 2 aliphatic rings. The monoisotopic (exact) mass is 289 g/mol. The summed E-state index contributed by atoms with van der Waals surface area (Å²) in [5.74, 6) is 1.15. The molecule has 0 unspecified atom stereocenters. The van der Waals surface area contributed by atoms with Crippen molar-refractivity contribution in [1.29, 1.82) is 0 Å². The molecule has 0 aliphatic carbocycles. The summed E-state index contributed by atoms with van der Waals surface area (Å²) in [4.78, 5) is 13.7. The SMILES string of the molecule is CCC(=O)N1CCC2(CC1)C[C@H](Oc1ccccc1)CO2. The third-order valence-electron chi connectivity index (χ3n) is 4.55. The van der Waals surface area contributed by atoms with Gasteiger partial charge >= 0.3 is 0 Å². The van der Waals surface area contributed by atoms with Gasteiger partial charge in [0, 0.05) is 25.9 Å². The maximum Gasteiger partial charge on any atom is 0.222 e. The van der Waals surface area contributed by atoms with E-state index in [0.717, 1.165) is 38.1 Å². The van der Waals surface area contributed by atoms with Crippen LogP contribution in [0.4, 0.5) is 0 Å². The molecule has 1 amide bonds. The van der Waals surface area contributed by atoms with E-state index >= 15 is 0 Å². The van der Waals surface area contributed by atoms with Crippen LogP contribution in [0.5, 0.6) is 5.75 Å². The number of nitrogens with zero attached hydrogens (tertiary/aromatic N) is 1. The van der Waals surface area contributed by atoms with Gasteiger partial charge in [0.2, 0.25) is 5.91 Å². The lowest BCUT2D eigenvalue weighted by Crippen LogP contribution is -2.46. The summed E-state index contributed by atoms with van der Waals surface area (Å²) in [5, 5.41) is 0. The molecule has 2 fully saturated rings. The minimum Gasteiger partial charge on any atom is -0.488 e. The highest BCUT2D eigenvalue weighted by atomic mass is 16.6. The summed E-state index contributed by atoms with van der Waals surface area (Å²) in [7, 11) is 0. The van der Waals surface area contributed by atoms with Gasteiger partial charge in [-0.2, -0.15) is 0 Å². The van der Waals surface area contributed by atoms with Crippen molar-refractivity contribution < 1.29 is 14.3 Å². The normalized spacial score (nSPS) is 24.2. The zero-order chi connectivity index (χ0) is 14.7. The number of likely N-dealkylation sites (tertiary alicyclic amines) is 1. The molecule has 114 valence electrons. The third kappa shape index (κ3) is 3.21. The van der Waals surface area contributed by atoms with E-state index in [1.165, 1.54) is 0 Å². The molecule has 0 radical (unpaired) electrons. The Balaban J connectivity index is 1.54. The highest BCUT2D eigenvalue weighted by Gasteiger charge is 2.44. The predicted octanol–water partition coefficient (Wildman–Crippen LogP) is 2.63. The standard InChI is InChI=1S/C17H23NO3/c1-2-16(19)18-10-8-17(9-11-18)12-15(13-20-17)21-14-6-4-3-5-7-14/h3-7,15H,2,8-13H2,1H3/t15-/m0/s1. The molecular weight excluding hydrogens is 266 g/mol. The fourth-order valence-electron chi connectivity index (χ4n) is 3.31. The van der Waals surface area contributed by atoms with E-state index in [1.54, 1.807) is 0 Å². The number of piperidine rings is 1. The molecule has 0 N–H and O–H groups in total. The molecule has 21 heavy (non-hydrogen) atoms. The fourth-order valence-corrected chi connectivity index (χ4v) is 3.31. The largest absolute Gasteiger partial charge is 0.488 e. The average molecular weight is 289 g/mol. The van der Waals surface area contributed by atoms with Crippen molar-refractivity contribution in [3.8, 4) is 5.75 Å². The van der Waals surface area contributed by atoms with E-state index in [0.29, 0.717) is 13.0 Å². The summed E-state index contributed by atoms with van der Waals surface area (Å²) in [6.07, 6.45) is 3.49. The van der Waals surface area contributed by atoms with Crippen LogP contribution in [-0.4, -0.2) is 42.2 Å². The summed E-state index contributed by atoms with van der Waals surface area (Å²) < 4.78 is 12.1. The van der Waals surface area contributed by atoms with Crippen LogP contribution in [0.1, 0.15) is 32.6 Å². The Bertz CT molecular complexity index is 480. The van der Waals surface area contributed by atoms with Gasteiger partial charge in [-0.05, 0) is 25.0 Å². The molecule has 0 saturated carbocycles. The molecule has 2 aliphatic heterocycles. The lowest BCUT2D eigenvalue weighted by molar-refractivity contribution is -0.135. The summed E-state index contributed by atoms with van der Waals surface area (Å²) in [6, 6.07) is 9.91. The number of carbonyl (C=O) groups excluding carboxylic acids is 1. The Kier molecular flexibility index (Phi) is 4.15. The number of rotatable bonds is 3. The van der Waals surface area contributed by atoms with Gasteiger partial charge in [0.25, 0.3) is 0 Å². The Morgan fingerprint density at radius 2 is 2.05 bits per heavy atom. The highest BCUT2D eigenvalue weighted by molar-refractivity contribution is 5.75. The molecule has 1 aromatic carbocycles. The highest BCUT2D eigenvalue weighted by Crippen LogP contribution is 2.37. The van der Waals surface area contributed by atoms with Crippen molar-refractivity contribution in [2.75, 3.05) is 19.7 Å². The van der Waals surface area contributed by atoms with Crippen molar-refractivity contribution in [1.82, 2.24) is 4.90 Å². The molecule has 1 spiro atoms. The van der Waals surface area contributed by atoms with Crippen molar-refractivity contribution >= 4 is 5.91 Å². The zero-order valence-corrected chi connectivity index (χ0v) is 12.6. The van der Waals surface area contributed by atoms with Gasteiger partial charge in [-0.1, -0.05) is 25.1 Å². The summed E-state index contributed by atoms with van der Waals surface area (Å²) >= 11 is 0. The second kappa shape index (κ2) is 6.06. The first-order valence-corrected chi connectivity index (χ1v) is 7.84. The lowest BCUT2D eigenvalue weighted by atomic mass is 9.88. The number of benzene rings is 1. The van der Waals surface area contributed by atoms with Crippen LogP contribution in [0, 0.1) is 0 Å². The maximum atomic E-state index is 11.7. The first-order chi connectivity index (χ1) is 10.2. The van der Waals surface area contributed by atoms with E-state index in [2.05, 4.69) is 0 Å². The van der Waals surface area contributed by atoms with E-state index in [-0.39, 0.29) is 17.6 Å². The first kappa shape index (κ1) is 14.4. The van der Waals surface area contributed by atoms with E-state index < -0.39 is 0 Å². The molecule has 2 saturated heterocycles. The van der Waals surface area contributed by atoms with Gasteiger partial charge in [-0.25, -0.2) is 0 Å². The minimum absolute atomic E-state index is 0.0794. The first-order valence-electron chi connectivity index (χ1n) is 7.84. The molecular formula is C17H23NO3. The summed E-state index contributed by atoms with van der Waals surface area (Å²) in [5.41, 5.74) is -0.0794. The van der Waals surface area contributed by atoms with E-state index in [1.807, 2.05) is 42.2 Å². The Morgan fingerprint density at radius 3 is 2.71 bits per heavy atom. The summed E-state index contributed by atoms with van der Waals surface area (Å²) in [6.45, 7) is 4.19. The number of carbonyl (C=O) groups is 1. The van der Waals surface area contributed by atoms with Crippen LogP contribution < -0.4 is 4.74 Å². The number of hydrogen-bond acceptors (Lipinski definition) is 3. The van der Waals surface area contributed by atoms with E-state index in [4.69, 9.17) is 9.47 Å². The smallest absolute Gasteiger partial charge is 0.222 e. The zero-order valence-electron chi connectivity index (χ0n) is 12.6. The van der Waals surface area contributed by atoms with Gasteiger partial charge in [-0.15, -0.1) is 0 Å². The number of para-hydroxylation sites is 1. The number of amides is 1. The van der Waals surface area contributed by atoms with Gasteiger partial charge in [0.1, 0.15) is 11.9 Å². The van der Waals surface area contributed by atoms with Crippen LogP contribution in [0.25, 0.3) is 0 Å². The lowest BCUT2D eigenvalue weighted by Gasteiger charge is -2.38. The van der Waals surface area contributed by atoms with Gasteiger partial charge in [0.05, 0.1) is 12.2 Å². The average Bonchev–Trinajstić information content (AvgIpc) is 2.91. The van der Waals surface area contributed by atoms with Gasteiger partial charge in [-0.3, -0.25) is 4.79 Å². The van der Waals surface area contributed by atoms with Crippen molar-refractivity contribution in [3.63, 3.8) is 0 Å². The minimum atomic E-state index is -0.0794. The Hall–Kier alpha value is -1.55. The quantitative estimate of drug-likeness (QED) is 0.858. The molecule has 3 rings (SSSR count). The maximum absolute atomic E-state index is 11.7. The number of ether oxygens (including phenoxy) is 2. The number of hydrogen-bond donors (Lipinski definition) is 0. The predicted molar refractivity (Wildman–Crippen MR) is 80.3 cm³/mol. The second-order valence-electron chi connectivity index (χ2n) is 5.99. The van der Waals surface area contributed by atoms with Crippen molar-refractivity contribution in [2.45, 2.75) is 44.3 Å². The van der Waals surface area contributed by atoms with Gasteiger partial charge < -0.3 is 14.4 Å². The fraction of sp³-hybridized carbons (Fsp3) is 0.588. The van der Waals surface area contributed by atoms with Crippen LogP contribution >= 0.6 is 0 Å². The molecule has 1 aromatic rings. The van der Waals surface area contributed by atoms with Crippen molar-refractivity contribution in [3.05, 3.63) is 30.3 Å². The molecule has 1 atom stereocenters. The van der Waals surface area contributed by atoms with Crippen LogP contribution in [0.3, 0.4) is 0 Å². The Morgan fingerprint density at radius 1 is 1.33 bits per heavy atom. The van der Waals surface area contributed by atoms with Crippen molar-refractivity contribution in [2.24, 2.45) is 0 Å².